The molecule has 0 bridgehead atoms. The summed E-state index contributed by atoms with van der Waals surface area (Å²) in [5, 5.41) is 11.5. The van der Waals surface area contributed by atoms with Crippen LogP contribution in [0.25, 0.3) is 16.3 Å². The number of benzene rings is 4. The molecule has 270 valence electrons. The molecule has 1 heterocycles. The van der Waals surface area contributed by atoms with Gasteiger partial charge in [-0.05, 0) is 107 Å². The van der Waals surface area contributed by atoms with E-state index in [1.54, 1.807) is 26.4 Å². The Morgan fingerprint density at radius 3 is 2.04 bits per heavy atom. The maximum atomic E-state index is 14.6. The molecule has 0 saturated carbocycles. The van der Waals surface area contributed by atoms with Gasteiger partial charge in [0.1, 0.15) is 11.5 Å². The molecule has 1 N–H and O–H groups in total. The molecule has 7 heteroatoms. The molecule has 4 aromatic rings. The minimum Gasteiger partial charge on any atom is -0.496 e. The van der Waals surface area contributed by atoms with Crippen LogP contribution >= 0.6 is 0 Å². The lowest BCUT2D eigenvalue weighted by atomic mass is 9.71. The van der Waals surface area contributed by atoms with E-state index in [9.17, 15) is 14.7 Å². The van der Waals surface area contributed by atoms with Gasteiger partial charge in [0.05, 0.1) is 31.9 Å². The molecule has 2 aliphatic rings. The van der Waals surface area contributed by atoms with Crippen LogP contribution in [0.1, 0.15) is 92.1 Å². The number of amides is 1. The van der Waals surface area contributed by atoms with Crippen molar-refractivity contribution in [2.75, 3.05) is 32.2 Å². The fourth-order valence-electron chi connectivity index (χ4n) is 7.87. The smallest absolute Gasteiger partial charge is 0.335 e. The van der Waals surface area contributed by atoms with Crippen LogP contribution in [-0.2, 0) is 6.54 Å². The van der Waals surface area contributed by atoms with Crippen molar-refractivity contribution in [1.29, 1.82) is 0 Å². The van der Waals surface area contributed by atoms with Gasteiger partial charge in [0.25, 0.3) is 5.91 Å². The number of nitrogens with zero attached hydrogens (tertiary/aromatic N) is 2. The lowest BCUT2D eigenvalue weighted by Gasteiger charge is -2.40. The first-order chi connectivity index (χ1) is 24.7. The Kier molecular flexibility index (Phi) is 12.5. The average molecular weight is 691 g/mol. The third-order valence-corrected chi connectivity index (χ3v) is 11.1. The highest BCUT2D eigenvalue weighted by Crippen LogP contribution is 2.44. The topological polar surface area (TPSA) is 79.3 Å². The van der Waals surface area contributed by atoms with Gasteiger partial charge in [-0.15, -0.1) is 0 Å². The Morgan fingerprint density at radius 2 is 1.45 bits per heavy atom. The van der Waals surface area contributed by atoms with Gasteiger partial charge in [0, 0.05) is 30.4 Å². The van der Waals surface area contributed by atoms with Gasteiger partial charge < -0.3 is 24.4 Å². The number of hydrogen-bond acceptors (Lipinski definition) is 5. The van der Waals surface area contributed by atoms with Crippen LogP contribution in [0.4, 0.5) is 5.69 Å². The largest absolute Gasteiger partial charge is 0.496 e. The van der Waals surface area contributed by atoms with Crippen molar-refractivity contribution in [1.82, 2.24) is 4.90 Å². The minimum absolute atomic E-state index is 0.0181. The summed E-state index contributed by atoms with van der Waals surface area (Å²) < 4.78 is 12.1. The van der Waals surface area contributed by atoms with Crippen molar-refractivity contribution in [3.63, 3.8) is 0 Å². The van der Waals surface area contributed by atoms with E-state index in [2.05, 4.69) is 49.9 Å². The molecule has 7 nitrogen and oxygen atoms in total. The predicted molar refractivity (Wildman–Crippen MR) is 208 cm³/mol. The summed E-state index contributed by atoms with van der Waals surface area (Å²) in [6, 6.07) is 25.3. The number of piperidine rings is 1. The Labute approximate surface area is 303 Å². The third kappa shape index (κ3) is 8.08. The highest BCUT2D eigenvalue weighted by molar-refractivity contribution is 5.99. The van der Waals surface area contributed by atoms with E-state index in [4.69, 9.17) is 9.47 Å². The van der Waals surface area contributed by atoms with Crippen LogP contribution in [0.15, 0.2) is 84.9 Å². The minimum atomic E-state index is -0.934. The quantitative estimate of drug-likeness (QED) is 0.179. The van der Waals surface area contributed by atoms with Gasteiger partial charge >= 0.3 is 5.97 Å². The molecular weight excluding hydrogens is 636 g/mol. The molecule has 6 rings (SSSR count). The Balaban J connectivity index is 0.00000248. The predicted octanol–water partition coefficient (Wildman–Crippen LogP) is 9.98. The second kappa shape index (κ2) is 17.0. The lowest BCUT2D eigenvalue weighted by Crippen LogP contribution is -2.47. The van der Waals surface area contributed by atoms with Crippen molar-refractivity contribution < 1.29 is 24.2 Å². The normalized spacial score (nSPS) is 19.1. The van der Waals surface area contributed by atoms with Gasteiger partial charge in [-0.1, -0.05) is 77.4 Å². The van der Waals surface area contributed by atoms with E-state index in [0.717, 1.165) is 71.4 Å². The zero-order valence-electron chi connectivity index (χ0n) is 31.3. The van der Waals surface area contributed by atoms with E-state index in [1.807, 2.05) is 67.3 Å². The molecule has 1 aliphatic heterocycles. The first kappa shape index (κ1) is 37.5. The van der Waals surface area contributed by atoms with Gasteiger partial charge in [-0.25, -0.2) is 4.79 Å². The molecule has 1 unspecified atom stereocenters. The number of allylic oxidation sites excluding steroid dienone is 2. The molecule has 0 aromatic heterocycles. The maximum absolute atomic E-state index is 14.6. The Hall–Kier alpha value is -4.78. The summed E-state index contributed by atoms with van der Waals surface area (Å²) in [5.41, 5.74) is 5.21. The van der Waals surface area contributed by atoms with Crippen molar-refractivity contribution in [2.45, 2.75) is 72.9 Å². The monoisotopic (exact) mass is 690 g/mol. The lowest BCUT2D eigenvalue weighted by molar-refractivity contribution is 0.0626. The van der Waals surface area contributed by atoms with Crippen molar-refractivity contribution in [2.24, 2.45) is 17.8 Å². The van der Waals surface area contributed by atoms with Crippen LogP contribution in [0.2, 0.25) is 0 Å². The van der Waals surface area contributed by atoms with E-state index >= 15 is 0 Å². The Morgan fingerprint density at radius 1 is 0.843 bits per heavy atom. The second-order valence-corrected chi connectivity index (χ2v) is 13.6. The fourth-order valence-corrected chi connectivity index (χ4v) is 7.87. The standard InChI is InChI=1S/C42H48N2O5.C2H6/c1-6-29-15-18-37(28(3)27(29)2)34-24-39(48-4)38(40(25-34)49-5)26-44(41(45)33-12-11-30-9-7-8-10-32(30)23-33)36-19-21-43(22-20-36)35-16-13-31(14-17-35)42(46)47;1-2/h7-14,16-18,23-25,27-29,36H,6,15,19-22,26H2,1-5H3,(H,46,47);1-2H3/t27?,28-,29-;/m1./s1. The third-order valence-electron chi connectivity index (χ3n) is 11.1. The maximum Gasteiger partial charge on any atom is 0.335 e. The fraction of sp³-hybridized carbons (Fsp3) is 0.409. The molecule has 0 spiro atoms. The Bertz CT molecular complexity index is 1820. The van der Waals surface area contributed by atoms with Crippen LogP contribution in [-0.4, -0.2) is 55.2 Å². The summed E-state index contributed by atoms with van der Waals surface area (Å²) in [6.07, 6.45) is 6.18. The van der Waals surface area contributed by atoms with Crippen molar-refractivity contribution in [3.05, 3.63) is 107 Å². The first-order valence-electron chi connectivity index (χ1n) is 18.6. The molecule has 51 heavy (non-hydrogen) atoms. The summed E-state index contributed by atoms with van der Waals surface area (Å²) >= 11 is 0. The molecular formula is C44H54N2O5. The number of anilines is 1. The number of fused-ring (bicyclic) bond motifs is 1. The molecule has 1 aliphatic carbocycles. The second-order valence-electron chi connectivity index (χ2n) is 13.6. The zero-order chi connectivity index (χ0) is 36.7. The first-order valence-corrected chi connectivity index (χ1v) is 18.6. The molecule has 4 aromatic carbocycles. The molecule has 1 fully saturated rings. The van der Waals surface area contributed by atoms with Gasteiger partial charge in [-0.3, -0.25) is 4.79 Å². The summed E-state index contributed by atoms with van der Waals surface area (Å²) in [5.74, 6) is 2.17. The van der Waals surface area contributed by atoms with Crippen LogP contribution < -0.4 is 14.4 Å². The average Bonchev–Trinajstić information content (AvgIpc) is 3.18. The van der Waals surface area contributed by atoms with Crippen LogP contribution in [0.3, 0.4) is 0 Å². The van der Waals surface area contributed by atoms with Gasteiger partial charge in [0.15, 0.2) is 0 Å². The van der Waals surface area contributed by atoms with Gasteiger partial charge in [-0.2, -0.15) is 0 Å². The molecule has 3 atom stereocenters. The van der Waals surface area contributed by atoms with E-state index in [1.165, 1.54) is 12.0 Å². The number of methoxy groups -OCH3 is 2. The number of carboxylic acid groups (broad SMARTS) is 1. The summed E-state index contributed by atoms with van der Waals surface area (Å²) in [4.78, 5) is 30.2. The zero-order valence-corrected chi connectivity index (χ0v) is 31.3. The molecule has 1 amide bonds. The SMILES string of the molecule is CC.CC[C@@H]1CC=C(c2cc(OC)c(CN(C(=O)c3ccc4ccccc4c3)C3CCN(c4ccc(C(=O)O)cc4)CC3)c(OC)c2)[C@H](C)C1C. The number of ether oxygens (including phenoxy) is 2. The summed E-state index contributed by atoms with van der Waals surface area (Å²) in [6.45, 7) is 12.8. The van der Waals surface area contributed by atoms with E-state index < -0.39 is 5.97 Å². The number of carbonyl (C=O) groups excluding carboxylic acids is 1. The number of carboxylic acids is 1. The summed E-state index contributed by atoms with van der Waals surface area (Å²) in [7, 11) is 3.39. The van der Waals surface area contributed by atoms with Crippen molar-refractivity contribution >= 4 is 33.9 Å². The number of aromatic carboxylic acids is 1. The van der Waals surface area contributed by atoms with Crippen LogP contribution in [0.5, 0.6) is 11.5 Å². The van der Waals surface area contributed by atoms with E-state index in [0.29, 0.717) is 29.9 Å². The van der Waals surface area contributed by atoms with E-state index in [-0.39, 0.29) is 17.5 Å². The van der Waals surface area contributed by atoms with Crippen LogP contribution in [0, 0.1) is 17.8 Å². The van der Waals surface area contributed by atoms with Crippen molar-refractivity contribution in [3.8, 4) is 11.5 Å². The highest BCUT2D eigenvalue weighted by Gasteiger charge is 2.33. The molecule has 0 radical (unpaired) electrons. The number of rotatable bonds is 10. The molecule has 1 saturated heterocycles. The highest BCUT2D eigenvalue weighted by atomic mass is 16.5. The number of carbonyl (C=O) groups is 2. The number of hydrogen-bond donors (Lipinski definition) is 1. The van der Waals surface area contributed by atoms with Gasteiger partial charge in [0.2, 0.25) is 0 Å².